The lowest BCUT2D eigenvalue weighted by molar-refractivity contribution is -0.145. The van der Waals surface area contributed by atoms with Crippen LogP contribution in [0.3, 0.4) is 0 Å². The summed E-state index contributed by atoms with van der Waals surface area (Å²) in [5, 5.41) is 2.28. The second-order valence-corrected chi connectivity index (χ2v) is 2.11. The molecule has 0 rings (SSSR count). The number of alkyl carbamates (subject to hydrolysis) is 1. The molecule has 0 aromatic rings. The van der Waals surface area contributed by atoms with Crippen LogP contribution in [0.1, 0.15) is 13.8 Å². The van der Waals surface area contributed by atoms with Crippen LogP contribution in [0.4, 0.5) is 4.79 Å². The van der Waals surface area contributed by atoms with Gasteiger partial charge in [-0.1, -0.05) is 0 Å². The summed E-state index contributed by atoms with van der Waals surface area (Å²) in [7, 11) is 1.23. The number of carbonyl (C=O) groups is 2. The lowest BCUT2D eigenvalue weighted by atomic mass is 10.3. The predicted octanol–water partition coefficient (Wildman–Crippen LogP) is 0.294. The minimum absolute atomic E-state index is 0.298. The number of esters is 1. The molecule has 0 heterocycles. The summed E-state index contributed by atoms with van der Waals surface area (Å²) in [6, 6.07) is -0.669. The van der Waals surface area contributed by atoms with Gasteiger partial charge in [-0.15, -0.1) is 0 Å². The topological polar surface area (TPSA) is 64.6 Å². The monoisotopic (exact) mass is 175 g/mol. The van der Waals surface area contributed by atoms with E-state index in [1.54, 1.807) is 6.92 Å². The van der Waals surface area contributed by atoms with Crippen LogP contribution in [-0.2, 0) is 14.3 Å². The van der Waals surface area contributed by atoms with E-state index in [0.29, 0.717) is 6.61 Å². The summed E-state index contributed by atoms with van der Waals surface area (Å²) in [6.45, 7) is 3.52. The van der Waals surface area contributed by atoms with Gasteiger partial charge in [0.2, 0.25) is 0 Å². The van der Waals surface area contributed by atoms with E-state index >= 15 is 0 Å². The van der Waals surface area contributed by atoms with Crippen LogP contribution in [0.15, 0.2) is 0 Å². The molecule has 70 valence electrons. The largest absolute Gasteiger partial charge is 0.464 e. The molecular formula is C7H13NO4. The number of hydrogen-bond acceptors (Lipinski definition) is 4. The van der Waals surface area contributed by atoms with Crippen molar-refractivity contribution in [2.75, 3.05) is 13.7 Å². The molecule has 0 aromatic carbocycles. The fourth-order valence-corrected chi connectivity index (χ4v) is 0.562. The number of carbonyl (C=O) groups excluding carboxylic acids is 2. The fraction of sp³-hybridized carbons (Fsp3) is 0.714. The average Bonchev–Trinajstić information content (AvgIpc) is 2.04. The quantitative estimate of drug-likeness (QED) is 0.626. The van der Waals surface area contributed by atoms with Crippen LogP contribution in [-0.4, -0.2) is 31.8 Å². The Morgan fingerprint density at radius 1 is 1.50 bits per heavy atom. The third-order valence-electron chi connectivity index (χ3n) is 1.16. The summed E-state index contributed by atoms with van der Waals surface area (Å²) in [5.74, 6) is -0.470. The smallest absolute Gasteiger partial charge is 0.407 e. The molecule has 0 aromatic heterocycles. The van der Waals surface area contributed by atoms with Gasteiger partial charge in [-0.3, -0.25) is 0 Å². The summed E-state index contributed by atoms with van der Waals surface area (Å²) >= 11 is 0. The summed E-state index contributed by atoms with van der Waals surface area (Å²) in [4.78, 5) is 21.5. The van der Waals surface area contributed by atoms with Crippen molar-refractivity contribution in [2.24, 2.45) is 0 Å². The SMILES string of the molecule is CCOC(=O)[C@H](C)NC(=O)OC. The maximum atomic E-state index is 10.9. The van der Waals surface area contributed by atoms with Crippen LogP contribution in [0.25, 0.3) is 0 Å². The predicted molar refractivity (Wildman–Crippen MR) is 41.6 cm³/mol. The van der Waals surface area contributed by atoms with Gasteiger partial charge in [-0.25, -0.2) is 9.59 Å². The molecule has 5 heteroatoms. The highest BCUT2D eigenvalue weighted by atomic mass is 16.5. The normalized spacial score (nSPS) is 11.6. The Bertz CT molecular complexity index is 169. The zero-order valence-electron chi connectivity index (χ0n) is 7.42. The van der Waals surface area contributed by atoms with Crippen molar-refractivity contribution in [3.63, 3.8) is 0 Å². The van der Waals surface area contributed by atoms with E-state index < -0.39 is 18.1 Å². The molecule has 0 aliphatic rings. The second-order valence-electron chi connectivity index (χ2n) is 2.11. The Balaban J connectivity index is 3.78. The Morgan fingerprint density at radius 3 is 2.50 bits per heavy atom. The van der Waals surface area contributed by atoms with Gasteiger partial charge in [0.1, 0.15) is 6.04 Å². The Morgan fingerprint density at radius 2 is 2.08 bits per heavy atom. The molecule has 0 aliphatic carbocycles. The van der Waals surface area contributed by atoms with E-state index in [1.807, 2.05) is 0 Å². The van der Waals surface area contributed by atoms with Crippen molar-refractivity contribution in [3.8, 4) is 0 Å². The highest BCUT2D eigenvalue weighted by Gasteiger charge is 2.15. The minimum atomic E-state index is -0.669. The van der Waals surface area contributed by atoms with Crippen LogP contribution in [0.5, 0.6) is 0 Å². The summed E-state index contributed by atoms with van der Waals surface area (Å²) < 4.78 is 8.93. The van der Waals surface area contributed by atoms with E-state index in [0.717, 1.165) is 0 Å². The molecule has 0 saturated carbocycles. The average molecular weight is 175 g/mol. The molecule has 0 radical (unpaired) electrons. The third kappa shape index (κ3) is 3.80. The molecule has 1 N–H and O–H groups in total. The molecule has 1 amide bonds. The van der Waals surface area contributed by atoms with Gasteiger partial charge >= 0.3 is 12.1 Å². The van der Waals surface area contributed by atoms with Gasteiger partial charge in [-0.2, -0.15) is 0 Å². The highest BCUT2D eigenvalue weighted by molar-refractivity contribution is 5.80. The lowest BCUT2D eigenvalue weighted by Crippen LogP contribution is -2.39. The van der Waals surface area contributed by atoms with E-state index in [9.17, 15) is 9.59 Å². The van der Waals surface area contributed by atoms with Crippen molar-refractivity contribution >= 4 is 12.1 Å². The fourth-order valence-electron chi connectivity index (χ4n) is 0.562. The molecular weight excluding hydrogens is 162 g/mol. The lowest BCUT2D eigenvalue weighted by Gasteiger charge is -2.10. The second kappa shape index (κ2) is 5.40. The van der Waals surface area contributed by atoms with E-state index in [1.165, 1.54) is 14.0 Å². The summed E-state index contributed by atoms with van der Waals surface area (Å²) in [5.41, 5.74) is 0. The molecule has 0 spiro atoms. The minimum Gasteiger partial charge on any atom is -0.464 e. The van der Waals surface area contributed by atoms with Crippen molar-refractivity contribution in [1.29, 1.82) is 0 Å². The van der Waals surface area contributed by atoms with Gasteiger partial charge in [0, 0.05) is 0 Å². The maximum Gasteiger partial charge on any atom is 0.407 e. The molecule has 12 heavy (non-hydrogen) atoms. The molecule has 0 fully saturated rings. The number of ether oxygens (including phenoxy) is 2. The Hall–Kier alpha value is -1.26. The number of rotatable bonds is 3. The van der Waals surface area contributed by atoms with E-state index in [4.69, 9.17) is 0 Å². The first-order chi connectivity index (χ1) is 5.61. The maximum absolute atomic E-state index is 10.9. The van der Waals surface area contributed by atoms with Gasteiger partial charge in [0.25, 0.3) is 0 Å². The van der Waals surface area contributed by atoms with Gasteiger partial charge in [0.05, 0.1) is 13.7 Å². The summed E-state index contributed by atoms with van der Waals surface area (Å²) in [6.07, 6.45) is -0.643. The molecule has 5 nitrogen and oxygen atoms in total. The van der Waals surface area contributed by atoms with Crippen molar-refractivity contribution in [1.82, 2.24) is 5.32 Å². The zero-order valence-corrected chi connectivity index (χ0v) is 7.42. The van der Waals surface area contributed by atoms with Crippen LogP contribution >= 0.6 is 0 Å². The van der Waals surface area contributed by atoms with Crippen molar-refractivity contribution in [2.45, 2.75) is 19.9 Å². The first kappa shape index (κ1) is 10.7. The van der Waals surface area contributed by atoms with Crippen LogP contribution < -0.4 is 5.32 Å². The van der Waals surface area contributed by atoms with Gasteiger partial charge in [0.15, 0.2) is 0 Å². The van der Waals surface area contributed by atoms with E-state index in [-0.39, 0.29) is 0 Å². The molecule has 0 bridgehead atoms. The number of hydrogen-bond donors (Lipinski definition) is 1. The van der Waals surface area contributed by atoms with Gasteiger partial charge < -0.3 is 14.8 Å². The van der Waals surface area contributed by atoms with E-state index in [2.05, 4.69) is 14.8 Å². The zero-order chi connectivity index (χ0) is 9.56. The highest BCUT2D eigenvalue weighted by Crippen LogP contribution is 1.88. The first-order valence-electron chi connectivity index (χ1n) is 3.63. The third-order valence-corrected chi connectivity index (χ3v) is 1.16. The van der Waals surface area contributed by atoms with Crippen molar-refractivity contribution in [3.05, 3.63) is 0 Å². The number of amides is 1. The standard InChI is InChI=1S/C7H13NO4/c1-4-12-6(9)5(2)8-7(10)11-3/h5H,4H2,1-3H3,(H,8,10)/t5-/m0/s1. The Kier molecular flexibility index (Phi) is 4.83. The number of nitrogens with one attached hydrogen (secondary N) is 1. The Labute approximate surface area is 71.0 Å². The molecule has 1 atom stereocenters. The van der Waals surface area contributed by atoms with Gasteiger partial charge in [-0.05, 0) is 13.8 Å². The first-order valence-corrected chi connectivity index (χ1v) is 3.63. The molecule has 0 unspecified atom stereocenters. The van der Waals surface area contributed by atoms with Crippen LogP contribution in [0, 0.1) is 0 Å². The molecule has 0 aliphatic heterocycles. The van der Waals surface area contributed by atoms with Crippen molar-refractivity contribution < 1.29 is 19.1 Å². The number of methoxy groups -OCH3 is 1. The van der Waals surface area contributed by atoms with Crippen LogP contribution in [0.2, 0.25) is 0 Å². The molecule has 0 saturated heterocycles.